The number of aromatic nitrogens is 1. The van der Waals surface area contributed by atoms with Crippen LogP contribution < -0.4 is 5.32 Å². The molecule has 0 unspecified atom stereocenters. The van der Waals surface area contributed by atoms with Crippen LogP contribution in [-0.4, -0.2) is 17.4 Å². The molecule has 0 saturated carbocycles. The van der Waals surface area contributed by atoms with Crippen LogP contribution in [0.1, 0.15) is 27.0 Å². The second kappa shape index (κ2) is 7.65. The average Bonchev–Trinajstić information content (AvgIpc) is 2.43. The van der Waals surface area contributed by atoms with Crippen LogP contribution in [-0.2, 0) is 6.42 Å². The van der Waals surface area contributed by atoms with Crippen LogP contribution in [0, 0.1) is 13.8 Å². The van der Waals surface area contributed by atoms with Crippen molar-refractivity contribution in [3.63, 3.8) is 0 Å². The highest BCUT2D eigenvalue weighted by Gasteiger charge is 2.04. The van der Waals surface area contributed by atoms with E-state index in [1.165, 1.54) is 16.7 Å². The molecule has 20 heavy (non-hydrogen) atoms. The predicted molar refractivity (Wildman–Crippen MR) is 83.4 cm³/mol. The van der Waals surface area contributed by atoms with Crippen LogP contribution in [0.25, 0.3) is 0 Å². The van der Waals surface area contributed by atoms with Crippen molar-refractivity contribution in [2.75, 3.05) is 6.54 Å². The first-order valence-electron chi connectivity index (χ1n) is 6.41. The van der Waals surface area contributed by atoms with Gasteiger partial charge in [-0.25, -0.2) is 0 Å². The van der Waals surface area contributed by atoms with Crippen LogP contribution in [0.15, 0.2) is 42.7 Å². The Hall–Kier alpha value is -1.87. The number of amides is 1. The Morgan fingerprint density at radius 1 is 1.20 bits per heavy atom. The number of carbonyl (C=O) groups is 1. The lowest BCUT2D eigenvalue weighted by Crippen LogP contribution is -2.25. The van der Waals surface area contributed by atoms with Gasteiger partial charge in [-0.2, -0.15) is 0 Å². The SMILES string of the molecule is Cc1ccc(CCNC(=O)c2cccnc2)cc1C.Cl. The Bertz CT molecular complexity index is 570. The summed E-state index contributed by atoms with van der Waals surface area (Å²) in [6.45, 7) is 4.84. The Labute approximate surface area is 125 Å². The Morgan fingerprint density at radius 2 is 2.00 bits per heavy atom. The minimum Gasteiger partial charge on any atom is -0.352 e. The van der Waals surface area contributed by atoms with Gasteiger partial charge in [-0.3, -0.25) is 9.78 Å². The highest BCUT2D eigenvalue weighted by molar-refractivity contribution is 5.93. The van der Waals surface area contributed by atoms with E-state index in [0.717, 1.165) is 6.42 Å². The topological polar surface area (TPSA) is 42.0 Å². The predicted octanol–water partition coefficient (Wildman–Crippen LogP) is 3.09. The summed E-state index contributed by atoms with van der Waals surface area (Å²) in [6.07, 6.45) is 4.07. The molecule has 0 spiro atoms. The zero-order chi connectivity index (χ0) is 13.7. The van der Waals surface area contributed by atoms with E-state index < -0.39 is 0 Å². The number of rotatable bonds is 4. The lowest BCUT2D eigenvalue weighted by atomic mass is 10.0. The van der Waals surface area contributed by atoms with Crippen LogP contribution in [0.5, 0.6) is 0 Å². The standard InChI is InChI=1S/C16H18N2O.ClH/c1-12-5-6-14(10-13(12)2)7-9-18-16(19)15-4-3-8-17-11-15;/h3-6,8,10-11H,7,9H2,1-2H3,(H,18,19);1H. The van der Waals surface area contributed by atoms with Crippen molar-refractivity contribution >= 4 is 18.3 Å². The Kier molecular flexibility index (Phi) is 6.19. The van der Waals surface area contributed by atoms with Crippen molar-refractivity contribution in [2.45, 2.75) is 20.3 Å². The number of hydrogen-bond donors (Lipinski definition) is 1. The summed E-state index contributed by atoms with van der Waals surface area (Å²) in [4.78, 5) is 15.7. The van der Waals surface area contributed by atoms with E-state index in [-0.39, 0.29) is 18.3 Å². The molecule has 0 bridgehead atoms. The fraction of sp³-hybridized carbons (Fsp3) is 0.250. The fourth-order valence-corrected chi connectivity index (χ4v) is 1.88. The number of aryl methyl sites for hydroxylation is 2. The van der Waals surface area contributed by atoms with Crippen molar-refractivity contribution in [3.05, 3.63) is 65.0 Å². The first-order chi connectivity index (χ1) is 9.16. The van der Waals surface area contributed by atoms with Crippen molar-refractivity contribution in [3.8, 4) is 0 Å². The van der Waals surface area contributed by atoms with E-state index in [1.54, 1.807) is 24.5 Å². The molecule has 1 amide bonds. The quantitative estimate of drug-likeness (QED) is 0.940. The van der Waals surface area contributed by atoms with Gasteiger partial charge in [0, 0.05) is 18.9 Å². The van der Waals surface area contributed by atoms with Gasteiger partial charge in [0.05, 0.1) is 5.56 Å². The monoisotopic (exact) mass is 290 g/mol. The number of nitrogens with zero attached hydrogens (tertiary/aromatic N) is 1. The Balaban J connectivity index is 0.00000200. The fourth-order valence-electron chi connectivity index (χ4n) is 1.88. The second-order valence-electron chi connectivity index (χ2n) is 4.67. The summed E-state index contributed by atoms with van der Waals surface area (Å²) >= 11 is 0. The average molecular weight is 291 g/mol. The van der Waals surface area contributed by atoms with Gasteiger partial charge in [0.2, 0.25) is 0 Å². The summed E-state index contributed by atoms with van der Waals surface area (Å²) in [5.74, 6) is -0.0723. The van der Waals surface area contributed by atoms with Crippen molar-refractivity contribution in [1.82, 2.24) is 10.3 Å². The molecule has 0 saturated heterocycles. The number of halogens is 1. The summed E-state index contributed by atoms with van der Waals surface area (Å²) in [5.41, 5.74) is 4.43. The van der Waals surface area contributed by atoms with Crippen LogP contribution in [0.2, 0.25) is 0 Å². The van der Waals surface area contributed by atoms with Gasteiger partial charge in [-0.1, -0.05) is 18.2 Å². The molecule has 2 rings (SSSR count). The molecule has 0 radical (unpaired) electrons. The molecule has 1 aromatic carbocycles. The van der Waals surface area contributed by atoms with Crippen molar-refractivity contribution in [1.29, 1.82) is 0 Å². The van der Waals surface area contributed by atoms with Gasteiger partial charge in [-0.05, 0) is 49.1 Å². The number of nitrogens with one attached hydrogen (secondary N) is 1. The van der Waals surface area contributed by atoms with Crippen molar-refractivity contribution < 1.29 is 4.79 Å². The molecule has 1 aromatic heterocycles. The maximum atomic E-state index is 11.8. The number of hydrogen-bond acceptors (Lipinski definition) is 2. The summed E-state index contributed by atoms with van der Waals surface area (Å²) in [6, 6.07) is 9.92. The van der Waals surface area contributed by atoms with E-state index >= 15 is 0 Å². The number of benzene rings is 1. The van der Waals surface area contributed by atoms with E-state index in [2.05, 4.69) is 42.3 Å². The lowest BCUT2D eigenvalue weighted by molar-refractivity contribution is 0.0954. The maximum absolute atomic E-state index is 11.8. The van der Waals surface area contributed by atoms with E-state index in [1.807, 2.05) is 0 Å². The molecule has 0 atom stereocenters. The number of pyridine rings is 1. The van der Waals surface area contributed by atoms with Crippen LogP contribution in [0.3, 0.4) is 0 Å². The van der Waals surface area contributed by atoms with Gasteiger partial charge in [0.15, 0.2) is 0 Å². The molecule has 0 aliphatic rings. The summed E-state index contributed by atoms with van der Waals surface area (Å²) < 4.78 is 0. The Morgan fingerprint density at radius 3 is 2.65 bits per heavy atom. The van der Waals surface area contributed by atoms with Gasteiger partial charge in [0.25, 0.3) is 5.91 Å². The molecule has 1 heterocycles. The van der Waals surface area contributed by atoms with Gasteiger partial charge in [-0.15, -0.1) is 12.4 Å². The van der Waals surface area contributed by atoms with Gasteiger partial charge < -0.3 is 5.32 Å². The third kappa shape index (κ3) is 4.35. The molecule has 2 aromatic rings. The number of carbonyl (C=O) groups excluding carboxylic acids is 1. The molecular formula is C16H19ClN2O. The van der Waals surface area contributed by atoms with Crippen molar-refractivity contribution in [2.24, 2.45) is 0 Å². The zero-order valence-electron chi connectivity index (χ0n) is 11.7. The molecule has 0 aliphatic heterocycles. The summed E-state index contributed by atoms with van der Waals surface area (Å²) in [7, 11) is 0. The summed E-state index contributed by atoms with van der Waals surface area (Å²) in [5, 5.41) is 2.90. The molecule has 4 heteroatoms. The maximum Gasteiger partial charge on any atom is 0.252 e. The molecule has 1 N–H and O–H groups in total. The lowest BCUT2D eigenvalue weighted by Gasteiger charge is -2.07. The molecular weight excluding hydrogens is 272 g/mol. The minimum atomic E-state index is -0.0723. The van der Waals surface area contributed by atoms with E-state index in [9.17, 15) is 4.79 Å². The third-order valence-electron chi connectivity index (χ3n) is 3.19. The largest absolute Gasteiger partial charge is 0.352 e. The minimum absolute atomic E-state index is 0. The first kappa shape index (κ1) is 16.2. The zero-order valence-corrected chi connectivity index (χ0v) is 12.5. The van der Waals surface area contributed by atoms with E-state index in [4.69, 9.17) is 0 Å². The van der Waals surface area contributed by atoms with Gasteiger partial charge in [0.1, 0.15) is 0 Å². The normalized spacial score (nSPS) is 9.70. The highest BCUT2D eigenvalue weighted by Crippen LogP contribution is 2.10. The highest BCUT2D eigenvalue weighted by atomic mass is 35.5. The smallest absolute Gasteiger partial charge is 0.252 e. The van der Waals surface area contributed by atoms with E-state index in [0.29, 0.717) is 12.1 Å². The van der Waals surface area contributed by atoms with Crippen LogP contribution >= 0.6 is 12.4 Å². The third-order valence-corrected chi connectivity index (χ3v) is 3.19. The van der Waals surface area contributed by atoms with Gasteiger partial charge >= 0.3 is 0 Å². The molecule has 0 aliphatic carbocycles. The first-order valence-corrected chi connectivity index (χ1v) is 6.41. The van der Waals surface area contributed by atoms with Crippen LogP contribution in [0.4, 0.5) is 0 Å². The molecule has 3 nitrogen and oxygen atoms in total. The second-order valence-corrected chi connectivity index (χ2v) is 4.67. The molecule has 106 valence electrons. The molecule has 0 fully saturated rings.